The molecule has 1 aromatic carbocycles. The lowest BCUT2D eigenvalue weighted by molar-refractivity contribution is -0.130. The molecule has 0 atom stereocenters. The first-order chi connectivity index (χ1) is 12.7. The molecule has 6 heteroatoms. The number of thiazole rings is 1. The van der Waals surface area contributed by atoms with E-state index in [2.05, 4.69) is 57.9 Å². The molecule has 4 rings (SSSR count). The zero-order chi connectivity index (χ0) is 17.9. The molecule has 134 valence electrons. The van der Waals surface area contributed by atoms with E-state index in [9.17, 15) is 4.79 Å². The van der Waals surface area contributed by atoms with Crippen molar-refractivity contribution < 1.29 is 4.79 Å². The summed E-state index contributed by atoms with van der Waals surface area (Å²) >= 11 is 3.28. The van der Waals surface area contributed by atoms with E-state index in [4.69, 9.17) is 0 Å². The van der Waals surface area contributed by atoms with Gasteiger partial charge in [0.05, 0.1) is 12.1 Å². The fourth-order valence-electron chi connectivity index (χ4n) is 3.21. The van der Waals surface area contributed by atoms with Crippen LogP contribution >= 0.6 is 22.7 Å². The Morgan fingerprint density at radius 2 is 2.00 bits per heavy atom. The predicted octanol–water partition coefficient (Wildman–Crippen LogP) is 4.07. The van der Waals surface area contributed by atoms with Gasteiger partial charge in [-0.1, -0.05) is 12.1 Å². The van der Waals surface area contributed by atoms with Gasteiger partial charge in [0.25, 0.3) is 0 Å². The molecule has 1 fully saturated rings. The van der Waals surface area contributed by atoms with E-state index >= 15 is 0 Å². The van der Waals surface area contributed by atoms with Gasteiger partial charge in [0, 0.05) is 48.2 Å². The number of benzene rings is 1. The van der Waals surface area contributed by atoms with Crippen molar-refractivity contribution >= 4 is 34.3 Å². The summed E-state index contributed by atoms with van der Waals surface area (Å²) in [6, 6.07) is 10.6. The Morgan fingerprint density at radius 1 is 1.15 bits per heavy atom. The summed E-state index contributed by atoms with van der Waals surface area (Å²) in [5.41, 5.74) is 4.54. The first kappa shape index (κ1) is 17.2. The average molecular weight is 384 g/mol. The third kappa shape index (κ3) is 3.81. The maximum absolute atomic E-state index is 12.6. The number of thiophene rings is 1. The van der Waals surface area contributed by atoms with Crippen LogP contribution < -0.4 is 4.90 Å². The third-order valence-corrected chi connectivity index (χ3v) is 6.27. The maximum Gasteiger partial charge on any atom is 0.228 e. The Kier molecular flexibility index (Phi) is 5.04. The van der Waals surface area contributed by atoms with Crippen LogP contribution in [0.5, 0.6) is 0 Å². The lowest BCUT2D eigenvalue weighted by Gasteiger charge is -2.36. The lowest BCUT2D eigenvalue weighted by atomic mass is 10.2. The summed E-state index contributed by atoms with van der Waals surface area (Å²) in [6.45, 7) is 5.42. The van der Waals surface area contributed by atoms with Gasteiger partial charge in [0.15, 0.2) is 0 Å². The largest absolute Gasteiger partial charge is 0.368 e. The van der Waals surface area contributed by atoms with Crippen LogP contribution in [0, 0.1) is 6.92 Å². The van der Waals surface area contributed by atoms with Crippen LogP contribution in [0.25, 0.3) is 10.6 Å². The predicted molar refractivity (Wildman–Crippen MR) is 109 cm³/mol. The first-order valence-electron chi connectivity index (χ1n) is 8.75. The van der Waals surface area contributed by atoms with Gasteiger partial charge < -0.3 is 9.80 Å². The number of hydrogen-bond donors (Lipinski definition) is 0. The summed E-state index contributed by atoms with van der Waals surface area (Å²) in [7, 11) is 0. The van der Waals surface area contributed by atoms with E-state index in [0.29, 0.717) is 6.42 Å². The molecule has 2 aromatic heterocycles. The number of anilines is 1. The number of carbonyl (C=O) groups excluding carboxylic acids is 1. The van der Waals surface area contributed by atoms with Gasteiger partial charge in [-0.15, -0.1) is 11.3 Å². The third-order valence-electron chi connectivity index (χ3n) is 4.65. The molecule has 0 N–H and O–H groups in total. The number of rotatable bonds is 4. The molecule has 4 nitrogen and oxygen atoms in total. The molecule has 26 heavy (non-hydrogen) atoms. The second-order valence-electron chi connectivity index (χ2n) is 6.54. The van der Waals surface area contributed by atoms with Crippen LogP contribution in [-0.4, -0.2) is 42.0 Å². The van der Waals surface area contributed by atoms with E-state index < -0.39 is 0 Å². The normalized spacial score (nSPS) is 14.7. The fraction of sp³-hybridized carbons (Fsp3) is 0.300. The standard InChI is InChI=1S/C20H21N3OS2/c1-15-3-2-4-18(11-15)22-6-8-23(9-7-22)19(24)12-17-14-26-20(21-17)16-5-10-25-13-16/h2-5,10-11,13-14H,6-9,12H2,1H3. The van der Waals surface area contributed by atoms with Crippen molar-refractivity contribution in [2.45, 2.75) is 13.3 Å². The summed E-state index contributed by atoms with van der Waals surface area (Å²) in [4.78, 5) is 21.6. The quantitative estimate of drug-likeness (QED) is 0.681. The summed E-state index contributed by atoms with van der Waals surface area (Å²) in [6.07, 6.45) is 0.394. The molecule has 1 aliphatic rings. The Hall–Kier alpha value is -2.18. The Bertz CT molecular complexity index is 880. The monoisotopic (exact) mass is 383 g/mol. The SMILES string of the molecule is Cc1cccc(N2CCN(C(=O)Cc3csc(-c4ccsc4)n3)CC2)c1. The van der Waals surface area contributed by atoms with Crippen molar-refractivity contribution in [1.82, 2.24) is 9.88 Å². The second-order valence-corrected chi connectivity index (χ2v) is 8.18. The van der Waals surface area contributed by atoms with Gasteiger partial charge in [-0.05, 0) is 36.1 Å². The molecule has 0 aliphatic carbocycles. The van der Waals surface area contributed by atoms with Gasteiger partial charge >= 0.3 is 0 Å². The van der Waals surface area contributed by atoms with Crippen LogP contribution in [0.3, 0.4) is 0 Å². The minimum atomic E-state index is 0.177. The topological polar surface area (TPSA) is 36.4 Å². The molecule has 3 aromatic rings. The van der Waals surface area contributed by atoms with Gasteiger partial charge in [-0.2, -0.15) is 11.3 Å². The van der Waals surface area contributed by atoms with Gasteiger partial charge in [-0.3, -0.25) is 4.79 Å². The maximum atomic E-state index is 12.6. The van der Waals surface area contributed by atoms with E-state index in [0.717, 1.165) is 42.4 Å². The van der Waals surface area contributed by atoms with Crippen molar-refractivity contribution in [3.63, 3.8) is 0 Å². The number of amides is 1. The summed E-state index contributed by atoms with van der Waals surface area (Å²) < 4.78 is 0. The van der Waals surface area contributed by atoms with Crippen molar-refractivity contribution in [3.05, 3.63) is 57.7 Å². The highest BCUT2D eigenvalue weighted by Crippen LogP contribution is 2.26. The Balaban J connectivity index is 1.34. The van der Waals surface area contributed by atoms with Crippen molar-refractivity contribution in [1.29, 1.82) is 0 Å². The minimum absolute atomic E-state index is 0.177. The van der Waals surface area contributed by atoms with Gasteiger partial charge in [0.2, 0.25) is 5.91 Å². The van der Waals surface area contributed by atoms with Crippen LogP contribution in [-0.2, 0) is 11.2 Å². The summed E-state index contributed by atoms with van der Waals surface area (Å²) in [5, 5.41) is 7.15. The number of piperazine rings is 1. The number of aryl methyl sites for hydroxylation is 1. The van der Waals surface area contributed by atoms with E-state index in [1.807, 2.05) is 10.3 Å². The Labute approximate surface area is 161 Å². The molecule has 1 amide bonds. The molecule has 0 spiro atoms. The highest BCUT2D eigenvalue weighted by molar-refractivity contribution is 7.14. The lowest BCUT2D eigenvalue weighted by Crippen LogP contribution is -2.49. The van der Waals surface area contributed by atoms with Crippen LogP contribution in [0.2, 0.25) is 0 Å². The minimum Gasteiger partial charge on any atom is -0.368 e. The zero-order valence-electron chi connectivity index (χ0n) is 14.7. The van der Waals surface area contributed by atoms with Crippen LogP contribution in [0.1, 0.15) is 11.3 Å². The van der Waals surface area contributed by atoms with Crippen molar-refractivity contribution in [2.75, 3.05) is 31.1 Å². The summed E-state index contributed by atoms with van der Waals surface area (Å²) in [5.74, 6) is 0.177. The van der Waals surface area contributed by atoms with Gasteiger partial charge in [0.1, 0.15) is 5.01 Å². The number of hydrogen-bond acceptors (Lipinski definition) is 5. The van der Waals surface area contributed by atoms with Crippen LogP contribution in [0.15, 0.2) is 46.5 Å². The van der Waals surface area contributed by atoms with Gasteiger partial charge in [-0.25, -0.2) is 4.98 Å². The molecule has 0 radical (unpaired) electrons. The van der Waals surface area contributed by atoms with Crippen LogP contribution in [0.4, 0.5) is 5.69 Å². The molecular weight excluding hydrogens is 362 g/mol. The smallest absolute Gasteiger partial charge is 0.228 e. The Morgan fingerprint density at radius 3 is 2.73 bits per heavy atom. The second kappa shape index (κ2) is 7.60. The number of aromatic nitrogens is 1. The van der Waals surface area contributed by atoms with E-state index in [1.165, 1.54) is 11.3 Å². The number of carbonyl (C=O) groups is 1. The molecule has 0 unspecified atom stereocenters. The van der Waals surface area contributed by atoms with E-state index in [1.54, 1.807) is 22.7 Å². The fourth-order valence-corrected chi connectivity index (χ4v) is 4.74. The highest BCUT2D eigenvalue weighted by Gasteiger charge is 2.22. The average Bonchev–Trinajstić information content (AvgIpc) is 3.33. The molecule has 3 heterocycles. The van der Waals surface area contributed by atoms with E-state index in [-0.39, 0.29) is 5.91 Å². The van der Waals surface area contributed by atoms with Crippen molar-refractivity contribution in [2.24, 2.45) is 0 Å². The molecule has 0 bridgehead atoms. The molecule has 1 aliphatic heterocycles. The molecule has 0 saturated carbocycles. The number of nitrogens with zero attached hydrogens (tertiary/aromatic N) is 3. The van der Waals surface area contributed by atoms with Crippen molar-refractivity contribution in [3.8, 4) is 10.6 Å². The zero-order valence-corrected chi connectivity index (χ0v) is 16.4. The highest BCUT2D eigenvalue weighted by atomic mass is 32.1. The first-order valence-corrected chi connectivity index (χ1v) is 10.6. The molecule has 1 saturated heterocycles. The molecular formula is C20H21N3OS2.